The third-order valence-corrected chi connectivity index (χ3v) is 6.07. The number of rotatable bonds is 8. The molecule has 4 nitrogen and oxygen atoms in total. The van der Waals surface area contributed by atoms with E-state index in [2.05, 4.69) is 38.4 Å². The highest BCUT2D eigenvalue weighted by Gasteiger charge is 2.11. The van der Waals surface area contributed by atoms with Crippen LogP contribution in [0.1, 0.15) is 29.4 Å². The normalized spacial score (nSPS) is 10.7. The number of anilines is 1. The summed E-state index contributed by atoms with van der Waals surface area (Å²) in [5, 5.41) is 12.2. The van der Waals surface area contributed by atoms with Gasteiger partial charge in [-0.3, -0.25) is 4.79 Å². The molecule has 0 unspecified atom stereocenters. The molecule has 0 aliphatic carbocycles. The van der Waals surface area contributed by atoms with Gasteiger partial charge in [0, 0.05) is 6.54 Å². The molecule has 2 aromatic rings. The molecule has 8 heteroatoms. The van der Waals surface area contributed by atoms with Crippen LogP contribution in [-0.2, 0) is 0 Å². The average Bonchev–Trinajstić information content (AvgIpc) is 3.05. The van der Waals surface area contributed by atoms with Crippen molar-refractivity contribution in [1.82, 2.24) is 10.2 Å². The Morgan fingerprint density at radius 2 is 2.25 bits per heavy atom. The average molecular weight is 392 g/mol. The summed E-state index contributed by atoms with van der Waals surface area (Å²) in [6, 6.07) is 3.73. The van der Waals surface area contributed by atoms with Crippen LogP contribution in [0.4, 0.5) is 5.13 Å². The molecule has 0 amide bonds. The standard InChI is InChI=1S/C12H14BrN3OS3/c1-2-3-6-14-11-15-16-12(20-11)18-7-8(17)9-4-5-10(13)19-9/h4-5H,2-3,6-7H2,1H3,(H,14,15). The van der Waals surface area contributed by atoms with Gasteiger partial charge in [-0.2, -0.15) is 0 Å². The Labute approximate surface area is 138 Å². The number of hydrogen-bond acceptors (Lipinski definition) is 7. The molecule has 20 heavy (non-hydrogen) atoms. The summed E-state index contributed by atoms with van der Waals surface area (Å²) in [4.78, 5) is 12.7. The molecule has 0 spiro atoms. The lowest BCUT2D eigenvalue weighted by atomic mass is 10.3. The predicted octanol–water partition coefficient (Wildman–Crippen LogP) is 4.55. The third kappa shape index (κ3) is 4.83. The van der Waals surface area contributed by atoms with Crippen molar-refractivity contribution in [1.29, 1.82) is 0 Å². The molecule has 2 aromatic heterocycles. The first kappa shape index (κ1) is 15.9. The number of thiophene rings is 1. The summed E-state index contributed by atoms with van der Waals surface area (Å²) < 4.78 is 1.80. The van der Waals surface area contributed by atoms with Gasteiger partial charge in [0.15, 0.2) is 10.1 Å². The van der Waals surface area contributed by atoms with Crippen LogP contribution in [0.5, 0.6) is 0 Å². The van der Waals surface area contributed by atoms with Crippen molar-refractivity contribution in [2.24, 2.45) is 0 Å². The fourth-order valence-electron chi connectivity index (χ4n) is 1.37. The molecular weight excluding hydrogens is 378 g/mol. The van der Waals surface area contributed by atoms with Crippen LogP contribution in [0.3, 0.4) is 0 Å². The lowest BCUT2D eigenvalue weighted by molar-refractivity contribution is 0.102. The van der Waals surface area contributed by atoms with Crippen LogP contribution in [0.15, 0.2) is 20.3 Å². The van der Waals surface area contributed by atoms with Crippen LogP contribution in [0.25, 0.3) is 0 Å². The zero-order valence-corrected chi connectivity index (χ0v) is 14.9. The molecule has 108 valence electrons. The summed E-state index contributed by atoms with van der Waals surface area (Å²) in [5.74, 6) is 0.526. The lowest BCUT2D eigenvalue weighted by Crippen LogP contribution is -1.99. The molecule has 2 heterocycles. The first-order valence-electron chi connectivity index (χ1n) is 6.17. The topological polar surface area (TPSA) is 54.9 Å². The van der Waals surface area contributed by atoms with Gasteiger partial charge in [0.2, 0.25) is 5.13 Å². The summed E-state index contributed by atoms with van der Waals surface area (Å²) in [7, 11) is 0. The van der Waals surface area contributed by atoms with E-state index in [-0.39, 0.29) is 5.78 Å². The van der Waals surface area contributed by atoms with Crippen molar-refractivity contribution in [3.8, 4) is 0 Å². The minimum absolute atomic E-state index is 0.126. The van der Waals surface area contributed by atoms with Crippen molar-refractivity contribution in [3.63, 3.8) is 0 Å². The molecule has 1 N–H and O–H groups in total. The van der Waals surface area contributed by atoms with Gasteiger partial charge in [0.05, 0.1) is 14.4 Å². The van der Waals surface area contributed by atoms with Crippen LogP contribution in [0, 0.1) is 0 Å². The molecule has 2 rings (SSSR count). The molecule has 0 aliphatic rings. The van der Waals surface area contributed by atoms with E-state index in [1.54, 1.807) is 0 Å². The first-order chi connectivity index (χ1) is 9.69. The number of hydrogen-bond donors (Lipinski definition) is 1. The van der Waals surface area contributed by atoms with Crippen LogP contribution >= 0.6 is 50.4 Å². The van der Waals surface area contributed by atoms with Crippen molar-refractivity contribution in [3.05, 3.63) is 20.8 Å². The molecular formula is C12H14BrN3OS3. The Morgan fingerprint density at radius 1 is 1.40 bits per heavy atom. The molecule has 0 radical (unpaired) electrons. The van der Waals surface area contributed by atoms with Crippen LogP contribution in [0.2, 0.25) is 0 Å². The van der Waals surface area contributed by atoms with Gasteiger partial charge in [-0.1, -0.05) is 36.4 Å². The Bertz CT molecular complexity index is 570. The van der Waals surface area contributed by atoms with Crippen LogP contribution in [-0.4, -0.2) is 28.3 Å². The number of ketones is 1. The maximum atomic E-state index is 12.0. The quantitative estimate of drug-likeness (QED) is 0.406. The third-order valence-electron chi connectivity index (χ3n) is 2.39. The number of halogens is 1. The van der Waals surface area contributed by atoms with Crippen molar-refractivity contribution in [2.45, 2.75) is 24.1 Å². The second-order valence-corrected chi connectivity index (χ2v) is 8.63. The number of Topliss-reactive ketones (excluding diaryl/α,β-unsaturated/α-hetero) is 1. The van der Waals surface area contributed by atoms with Gasteiger partial charge in [-0.25, -0.2) is 0 Å². The highest BCUT2D eigenvalue weighted by Crippen LogP contribution is 2.28. The maximum absolute atomic E-state index is 12.0. The smallest absolute Gasteiger partial charge is 0.206 e. The van der Waals surface area contributed by atoms with Crippen molar-refractivity contribution < 1.29 is 4.79 Å². The fourth-order valence-corrected chi connectivity index (χ4v) is 4.45. The Kier molecular flexibility index (Phi) is 6.47. The number of aromatic nitrogens is 2. The highest BCUT2D eigenvalue weighted by molar-refractivity contribution is 9.11. The number of unbranched alkanes of at least 4 members (excludes halogenated alkanes) is 1. The first-order valence-corrected chi connectivity index (χ1v) is 9.59. The van der Waals surface area contributed by atoms with Crippen molar-refractivity contribution in [2.75, 3.05) is 17.6 Å². The zero-order valence-electron chi connectivity index (χ0n) is 10.9. The molecule has 0 bridgehead atoms. The summed E-state index contributed by atoms with van der Waals surface area (Å²) in [6.45, 7) is 3.07. The minimum atomic E-state index is 0.126. The van der Waals surface area contributed by atoms with E-state index in [1.807, 2.05) is 12.1 Å². The molecule has 0 aliphatic heterocycles. The lowest BCUT2D eigenvalue weighted by Gasteiger charge is -1.97. The second kappa shape index (κ2) is 8.11. The minimum Gasteiger partial charge on any atom is -0.360 e. The summed E-state index contributed by atoms with van der Waals surface area (Å²) >= 11 is 7.76. The SMILES string of the molecule is CCCCNc1nnc(SCC(=O)c2ccc(Br)s2)s1. The Morgan fingerprint density at radius 3 is 2.95 bits per heavy atom. The van der Waals surface area contributed by atoms with Gasteiger partial charge in [0.1, 0.15) is 0 Å². The monoisotopic (exact) mass is 391 g/mol. The highest BCUT2D eigenvalue weighted by atomic mass is 79.9. The fraction of sp³-hybridized carbons (Fsp3) is 0.417. The second-order valence-electron chi connectivity index (χ2n) is 3.97. The van der Waals surface area contributed by atoms with Gasteiger partial charge < -0.3 is 5.32 Å². The Balaban J connectivity index is 1.80. The van der Waals surface area contributed by atoms with E-state index < -0.39 is 0 Å². The molecule has 0 fully saturated rings. The number of thioether (sulfide) groups is 1. The molecule has 0 aromatic carbocycles. The molecule has 0 saturated carbocycles. The Hall–Kier alpha value is -0.440. The van der Waals surface area contributed by atoms with E-state index in [1.165, 1.54) is 34.4 Å². The molecule has 0 atom stereocenters. The number of carbonyl (C=O) groups excluding carboxylic acids is 1. The van der Waals surface area contributed by atoms with E-state index >= 15 is 0 Å². The predicted molar refractivity (Wildman–Crippen MR) is 90.4 cm³/mol. The number of nitrogens with zero attached hydrogens (tertiary/aromatic N) is 2. The van der Waals surface area contributed by atoms with Gasteiger partial charge >= 0.3 is 0 Å². The summed E-state index contributed by atoms with van der Waals surface area (Å²) in [5.41, 5.74) is 0. The van der Waals surface area contributed by atoms with E-state index in [0.29, 0.717) is 5.75 Å². The van der Waals surface area contributed by atoms with E-state index in [9.17, 15) is 4.79 Å². The van der Waals surface area contributed by atoms with Gasteiger partial charge in [-0.15, -0.1) is 21.5 Å². The van der Waals surface area contributed by atoms with Gasteiger partial charge in [0.25, 0.3) is 0 Å². The van der Waals surface area contributed by atoms with E-state index in [4.69, 9.17) is 0 Å². The number of nitrogens with one attached hydrogen (secondary N) is 1. The van der Waals surface area contributed by atoms with E-state index in [0.717, 1.165) is 37.5 Å². The largest absolute Gasteiger partial charge is 0.360 e. The zero-order chi connectivity index (χ0) is 14.4. The van der Waals surface area contributed by atoms with Crippen LogP contribution < -0.4 is 5.32 Å². The van der Waals surface area contributed by atoms with Gasteiger partial charge in [-0.05, 0) is 34.5 Å². The summed E-state index contributed by atoms with van der Waals surface area (Å²) in [6.07, 6.45) is 2.27. The van der Waals surface area contributed by atoms with Crippen molar-refractivity contribution >= 4 is 61.3 Å². The maximum Gasteiger partial charge on any atom is 0.206 e. The molecule has 0 saturated heterocycles. The number of carbonyl (C=O) groups is 1.